The summed E-state index contributed by atoms with van der Waals surface area (Å²) in [7, 11) is 0. The first-order chi connectivity index (χ1) is 28.1. The Morgan fingerprint density at radius 3 is 1.64 bits per heavy atom. The van der Waals surface area contributed by atoms with Gasteiger partial charge in [0, 0.05) is 53.8 Å². The van der Waals surface area contributed by atoms with Gasteiger partial charge >= 0.3 is 0 Å². The predicted molar refractivity (Wildman–Crippen MR) is 243 cm³/mol. The molecule has 0 fully saturated rings. The van der Waals surface area contributed by atoms with Gasteiger partial charge in [0.2, 0.25) is 0 Å². The number of fused-ring (bicyclic) bond motifs is 3. The van der Waals surface area contributed by atoms with Crippen LogP contribution in [0.5, 0.6) is 0 Å². The Kier molecular flexibility index (Phi) is 10.00. The van der Waals surface area contributed by atoms with Crippen LogP contribution in [0.15, 0.2) is 175 Å². The standard InChI is InChI=1S/C51H41N3O2S2/c1-50(2,55)51(3,4)56-58-41-28-25-35(26-29-41)34-21-23-36(24-22-34)39-27-30-44-43(32-39)46-42(19-12-20-45(46)57-44)49-53-47(37-15-9-6-10-16-37)52-48(54-49)40-18-11-17-38(31-40)33-13-7-5-8-14-33/h5-32,55H,1-4H3. The number of thiophene rings is 1. The van der Waals surface area contributed by atoms with Gasteiger partial charge in [-0.05, 0) is 97.5 Å². The number of nitrogens with zero attached hydrogens (tertiary/aromatic N) is 3. The van der Waals surface area contributed by atoms with Crippen molar-refractivity contribution in [3.63, 3.8) is 0 Å². The molecule has 2 heterocycles. The van der Waals surface area contributed by atoms with Crippen molar-refractivity contribution >= 4 is 43.6 Å². The zero-order valence-corrected chi connectivity index (χ0v) is 34.3. The monoisotopic (exact) mass is 791 g/mol. The van der Waals surface area contributed by atoms with Gasteiger partial charge in [0.05, 0.1) is 5.60 Å². The Balaban J connectivity index is 1.07. The van der Waals surface area contributed by atoms with Gasteiger partial charge in [0.25, 0.3) is 0 Å². The molecular weight excluding hydrogens is 751 g/mol. The molecule has 1 N–H and O–H groups in total. The highest BCUT2D eigenvalue weighted by Gasteiger charge is 2.37. The smallest absolute Gasteiger partial charge is 0.164 e. The zero-order chi connectivity index (χ0) is 39.9. The molecule has 9 aromatic rings. The molecule has 0 aliphatic carbocycles. The quantitative estimate of drug-likeness (QED) is 0.139. The molecule has 0 amide bonds. The van der Waals surface area contributed by atoms with Crippen LogP contribution in [0, 0.1) is 0 Å². The highest BCUT2D eigenvalue weighted by molar-refractivity contribution is 7.94. The average molecular weight is 792 g/mol. The van der Waals surface area contributed by atoms with Crippen LogP contribution in [0.1, 0.15) is 27.7 Å². The van der Waals surface area contributed by atoms with Crippen LogP contribution in [-0.4, -0.2) is 31.3 Å². The van der Waals surface area contributed by atoms with E-state index in [0.717, 1.165) is 60.4 Å². The van der Waals surface area contributed by atoms with Crippen LogP contribution in [0.4, 0.5) is 0 Å². The van der Waals surface area contributed by atoms with Crippen LogP contribution in [0.2, 0.25) is 0 Å². The fourth-order valence-electron chi connectivity index (χ4n) is 6.82. The third kappa shape index (κ3) is 7.58. The number of benzene rings is 7. The van der Waals surface area contributed by atoms with Gasteiger partial charge < -0.3 is 9.29 Å². The summed E-state index contributed by atoms with van der Waals surface area (Å²) in [6, 6.07) is 59.2. The van der Waals surface area contributed by atoms with E-state index < -0.39 is 11.2 Å². The molecule has 0 saturated carbocycles. The number of aromatic nitrogens is 3. The van der Waals surface area contributed by atoms with Crippen LogP contribution in [-0.2, 0) is 4.18 Å². The van der Waals surface area contributed by atoms with E-state index in [1.54, 1.807) is 25.2 Å². The van der Waals surface area contributed by atoms with E-state index in [2.05, 4.69) is 133 Å². The van der Waals surface area contributed by atoms with Gasteiger partial charge in [-0.2, -0.15) is 0 Å². The summed E-state index contributed by atoms with van der Waals surface area (Å²) in [6.07, 6.45) is 0. The van der Waals surface area contributed by atoms with Gasteiger partial charge in [-0.1, -0.05) is 133 Å². The van der Waals surface area contributed by atoms with Crippen molar-refractivity contribution < 1.29 is 9.29 Å². The fraction of sp³-hybridized carbons (Fsp3) is 0.118. The van der Waals surface area contributed by atoms with Gasteiger partial charge in [-0.3, -0.25) is 0 Å². The van der Waals surface area contributed by atoms with Crippen molar-refractivity contribution in [1.29, 1.82) is 0 Å². The second kappa shape index (κ2) is 15.4. The molecular formula is C51H41N3O2S2. The Morgan fingerprint density at radius 1 is 0.466 bits per heavy atom. The van der Waals surface area contributed by atoms with Crippen LogP contribution in [0.25, 0.3) is 87.7 Å². The number of rotatable bonds is 10. The lowest BCUT2D eigenvalue weighted by molar-refractivity contribution is -0.0813. The first kappa shape index (κ1) is 37.6. The van der Waals surface area contributed by atoms with Crippen LogP contribution < -0.4 is 0 Å². The molecule has 5 nitrogen and oxygen atoms in total. The maximum absolute atomic E-state index is 10.4. The van der Waals surface area contributed by atoms with Crippen molar-refractivity contribution in [2.75, 3.05) is 0 Å². The van der Waals surface area contributed by atoms with Crippen molar-refractivity contribution in [2.24, 2.45) is 0 Å². The largest absolute Gasteiger partial charge is 0.387 e. The van der Waals surface area contributed by atoms with Crippen molar-refractivity contribution in [3.8, 4) is 67.5 Å². The topological polar surface area (TPSA) is 68.1 Å². The Labute approximate surface area is 347 Å². The third-order valence-corrected chi connectivity index (χ3v) is 13.0. The van der Waals surface area contributed by atoms with Gasteiger partial charge in [0.1, 0.15) is 5.60 Å². The number of hydrogen-bond acceptors (Lipinski definition) is 7. The fourth-order valence-corrected chi connectivity index (χ4v) is 8.68. The molecule has 0 bridgehead atoms. The van der Waals surface area contributed by atoms with Gasteiger partial charge in [0.15, 0.2) is 17.5 Å². The molecule has 0 unspecified atom stereocenters. The maximum Gasteiger partial charge on any atom is 0.164 e. The second-order valence-corrected chi connectivity index (χ2v) is 17.3. The number of aliphatic hydroxyl groups is 1. The SMILES string of the molecule is CC(C)(O)C(C)(C)OSc1ccc(-c2ccc(-c3ccc4sc5cccc(-c6nc(-c7ccccc7)nc(-c7cccc(-c8ccccc8)c7)n6)c5c4c3)cc2)cc1. The van der Waals surface area contributed by atoms with Crippen LogP contribution in [0.3, 0.4) is 0 Å². The minimum Gasteiger partial charge on any atom is -0.387 e. The molecule has 2 aromatic heterocycles. The second-order valence-electron chi connectivity index (χ2n) is 15.4. The molecule has 58 heavy (non-hydrogen) atoms. The van der Waals surface area contributed by atoms with Gasteiger partial charge in [-0.25, -0.2) is 15.0 Å². The number of hydrogen-bond donors (Lipinski definition) is 1. The third-order valence-electron chi connectivity index (χ3n) is 10.9. The summed E-state index contributed by atoms with van der Waals surface area (Å²) >= 11 is 3.08. The first-order valence-electron chi connectivity index (χ1n) is 19.3. The molecule has 0 atom stereocenters. The molecule has 7 heteroatoms. The van der Waals surface area contributed by atoms with Gasteiger partial charge in [-0.15, -0.1) is 11.3 Å². The molecule has 9 rings (SSSR count). The molecule has 0 saturated heterocycles. The van der Waals surface area contributed by atoms with E-state index in [-0.39, 0.29) is 0 Å². The normalized spacial score (nSPS) is 12.0. The predicted octanol–water partition coefficient (Wildman–Crippen LogP) is 13.8. The highest BCUT2D eigenvalue weighted by Crippen LogP contribution is 2.42. The summed E-state index contributed by atoms with van der Waals surface area (Å²) in [4.78, 5) is 16.3. The molecule has 7 aromatic carbocycles. The van der Waals surface area contributed by atoms with E-state index in [9.17, 15) is 5.11 Å². The van der Waals surface area contributed by atoms with E-state index in [0.29, 0.717) is 17.5 Å². The lowest BCUT2D eigenvalue weighted by Gasteiger charge is -2.35. The summed E-state index contributed by atoms with van der Waals surface area (Å²) < 4.78 is 8.39. The molecule has 0 aliphatic rings. The first-order valence-corrected chi connectivity index (χ1v) is 20.9. The summed E-state index contributed by atoms with van der Waals surface area (Å²) in [5, 5.41) is 12.8. The van der Waals surface area contributed by atoms with Crippen molar-refractivity contribution in [2.45, 2.75) is 43.8 Å². The zero-order valence-electron chi connectivity index (χ0n) is 32.7. The van der Waals surface area contributed by atoms with Crippen molar-refractivity contribution in [1.82, 2.24) is 15.0 Å². The minimum atomic E-state index is -0.966. The van der Waals surface area contributed by atoms with E-state index >= 15 is 0 Å². The molecule has 0 aliphatic heterocycles. The average Bonchev–Trinajstić information content (AvgIpc) is 3.64. The Bertz CT molecular complexity index is 2880. The van der Waals surface area contributed by atoms with Crippen LogP contribution >= 0.6 is 23.4 Å². The minimum absolute atomic E-state index is 0.635. The summed E-state index contributed by atoms with van der Waals surface area (Å²) in [6.45, 7) is 7.32. The molecule has 284 valence electrons. The maximum atomic E-state index is 10.4. The Hall–Kier alpha value is -5.96. The van der Waals surface area contributed by atoms with E-state index in [1.165, 1.54) is 26.8 Å². The lowest BCUT2D eigenvalue weighted by atomic mass is 9.90. The summed E-state index contributed by atoms with van der Waals surface area (Å²) in [5.74, 6) is 1.92. The highest BCUT2D eigenvalue weighted by atomic mass is 32.2. The molecule has 0 radical (unpaired) electrons. The summed E-state index contributed by atoms with van der Waals surface area (Å²) in [5.41, 5.74) is 7.99. The van der Waals surface area contributed by atoms with E-state index in [1.807, 2.05) is 50.2 Å². The van der Waals surface area contributed by atoms with Crippen molar-refractivity contribution in [3.05, 3.63) is 170 Å². The Morgan fingerprint density at radius 2 is 0.966 bits per heavy atom. The van der Waals surface area contributed by atoms with E-state index in [4.69, 9.17) is 19.1 Å². The lowest BCUT2D eigenvalue weighted by Crippen LogP contribution is -2.45. The molecule has 0 spiro atoms.